The van der Waals surface area contributed by atoms with Gasteiger partial charge in [0.25, 0.3) is 5.91 Å². The van der Waals surface area contributed by atoms with E-state index in [1.807, 2.05) is 18.2 Å². The normalized spacial score (nSPS) is 17.7. The van der Waals surface area contributed by atoms with Crippen LogP contribution in [0.25, 0.3) is 21.8 Å². The minimum Gasteiger partial charge on any atom is -0.351 e. The highest BCUT2D eigenvalue weighted by Crippen LogP contribution is 2.36. The van der Waals surface area contributed by atoms with Crippen LogP contribution in [0, 0.1) is 0 Å². The van der Waals surface area contributed by atoms with Crippen molar-refractivity contribution in [1.82, 2.24) is 14.9 Å². The molecular formula is C20H17N3O. The summed E-state index contributed by atoms with van der Waals surface area (Å²) in [7, 11) is 0. The number of nitrogens with one attached hydrogen (secondary N) is 2. The average Bonchev–Trinajstić information content (AvgIpc) is 3.17. The molecule has 0 fully saturated rings. The van der Waals surface area contributed by atoms with Crippen molar-refractivity contribution in [2.75, 3.05) is 6.54 Å². The van der Waals surface area contributed by atoms with E-state index < -0.39 is 0 Å². The van der Waals surface area contributed by atoms with Crippen LogP contribution in [0.4, 0.5) is 0 Å². The summed E-state index contributed by atoms with van der Waals surface area (Å²) in [6.45, 7) is 0.673. The molecule has 2 N–H and O–H groups in total. The van der Waals surface area contributed by atoms with Crippen molar-refractivity contribution < 1.29 is 4.79 Å². The first kappa shape index (κ1) is 13.4. The van der Waals surface area contributed by atoms with Gasteiger partial charge in [-0.15, -0.1) is 0 Å². The van der Waals surface area contributed by atoms with E-state index in [4.69, 9.17) is 0 Å². The van der Waals surface area contributed by atoms with E-state index in [-0.39, 0.29) is 11.9 Å². The Balaban J connectivity index is 1.81. The largest absolute Gasteiger partial charge is 0.351 e. The summed E-state index contributed by atoms with van der Waals surface area (Å²) in [5.74, 6) is -0.0137. The summed E-state index contributed by atoms with van der Waals surface area (Å²) in [4.78, 5) is 15.8. The lowest BCUT2D eigenvalue weighted by molar-refractivity contribution is 0.0952. The van der Waals surface area contributed by atoms with Crippen LogP contribution in [0.5, 0.6) is 0 Å². The van der Waals surface area contributed by atoms with Crippen molar-refractivity contribution in [3.63, 3.8) is 0 Å². The molecule has 0 aliphatic carbocycles. The smallest absolute Gasteiger partial charge is 0.268 e. The molecule has 118 valence electrons. The maximum absolute atomic E-state index is 12.5. The molecule has 0 unspecified atom stereocenters. The molecule has 1 aliphatic heterocycles. The summed E-state index contributed by atoms with van der Waals surface area (Å²) < 4.78 is 2.30. The van der Waals surface area contributed by atoms with Crippen LogP contribution >= 0.6 is 0 Å². The average molecular weight is 315 g/mol. The number of amides is 1. The lowest BCUT2D eigenvalue weighted by Gasteiger charge is -2.19. The number of nitrogens with zero attached hydrogens (tertiary/aromatic N) is 1. The van der Waals surface area contributed by atoms with Crippen molar-refractivity contribution in [2.24, 2.45) is 0 Å². The van der Waals surface area contributed by atoms with Crippen LogP contribution in [-0.2, 0) is 0 Å². The third-order valence-corrected chi connectivity index (χ3v) is 4.98. The monoisotopic (exact) mass is 315 g/mol. The molecule has 24 heavy (non-hydrogen) atoms. The maximum Gasteiger partial charge on any atom is 0.268 e. The van der Waals surface area contributed by atoms with Crippen molar-refractivity contribution in [3.05, 3.63) is 72.1 Å². The predicted octanol–water partition coefficient (Wildman–Crippen LogP) is 3.85. The highest BCUT2D eigenvalue weighted by atomic mass is 16.1. The summed E-state index contributed by atoms with van der Waals surface area (Å²) >= 11 is 0. The Labute approximate surface area is 139 Å². The Kier molecular flexibility index (Phi) is 2.80. The zero-order valence-electron chi connectivity index (χ0n) is 13.1. The van der Waals surface area contributed by atoms with Gasteiger partial charge in [0.15, 0.2) is 0 Å². The Morgan fingerprint density at radius 3 is 2.79 bits per heavy atom. The molecule has 4 nitrogen and oxygen atoms in total. The first-order valence-corrected chi connectivity index (χ1v) is 8.27. The molecule has 1 atom stereocenters. The van der Waals surface area contributed by atoms with Crippen LogP contribution in [0.2, 0.25) is 0 Å². The Hall–Kier alpha value is -3.01. The van der Waals surface area contributed by atoms with Gasteiger partial charge in [-0.05, 0) is 30.0 Å². The quantitative estimate of drug-likeness (QED) is 0.551. The van der Waals surface area contributed by atoms with Crippen molar-refractivity contribution in [1.29, 1.82) is 0 Å². The van der Waals surface area contributed by atoms with Gasteiger partial charge in [0.05, 0.1) is 6.04 Å². The Morgan fingerprint density at radius 1 is 1.00 bits per heavy atom. The van der Waals surface area contributed by atoms with E-state index in [1.165, 1.54) is 10.9 Å². The van der Waals surface area contributed by atoms with Gasteiger partial charge in [-0.25, -0.2) is 0 Å². The van der Waals surface area contributed by atoms with Crippen molar-refractivity contribution in [3.8, 4) is 0 Å². The summed E-state index contributed by atoms with van der Waals surface area (Å²) in [6.07, 6.45) is 3.01. The second-order valence-electron chi connectivity index (χ2n) is 6.30. The minimum atomic E-state index is -0.0137. The molecule has 1 amide bonds. The zero-order chi connectivity index (χ0) is 16.1. The number of carbonyl (C=O) groups excluding carboxylic acids is 1. The number of aromatic amines is 1. The van der Waals surface area contributed by atoms with Crippen LogP contribution in [0.3, 0.4) is 0 Å². The van der Waals surface area contributed by atoms with Gasteiger partial charge >= 0.3 is 0 Å². The molecule has 2 aromatic heterocycles. The lowest BCUT2D eigenvalue weighted by atomic mass is 10.0. The molecule has 3 heterocycles. The summed E-state index contributed by atoms with van der Waals surface area (Å²) in [5.41, 5.74) is 4.01. The fourth-order valence-corrected chi connectivity index (χ4v) is 3.90. The number of rotatable bonds is 1. The second kappa shape index (κ2) is 4.99. The standard InChI is InChI=1S/C20H17N3O/c24-20-19-18(14-6-2-3-7-15(14)22-19)17(9-11-21-20)23-12-10-13-5-1-4-8-16(13)23/h1-8,10,12,17,22H,9,11H2,(H,21,24)/t17-/m0/s1. The van der Waals surface area contributed by atoms with Gasteiger partial charge in [-0.2, -0.15) is 0 Å². The Bertz CT molecular complexity index is 1070. The van der Waals surface area contributed by atoms with Crippen LogP contribution < -0.4 is 5.32 Å². The molecule has 0 saturated heterocycles. The van der Waals surface area contributed by atoms with Gasteiger partial charge in [-0.1, -0.05) is 36.4 Å². The molecule has 0 saturated carbocycles. The lowest BCUT2D eigenvalue weighted by Crippen LogP contribution is -2.23. The zero-order valence-corrected chi connectivity index (χ0v) is 13.1. The summed E-state index contributed by atoms with van der Waals surface area (Å²) in [5, 5.41) is 5.37. The van der Waals surface area contributed by atoms with Gasteiger partial charge in [0, 0.05) is 34.7 Å². The van der Waals surface area contributed by atoms with E-state index >= 15 is 0 Å². The number of carbonyl (C=O) groups is 1. The van der Waals surface area contributed by atoms with E-state index in [1.54, 1.807) is 0 Å². The highest BCUT2D eigenvalue weighted by Gasteiger charge is 2.28. The summed E-state index contributed by atoms with van der Waals surface area (Å²) in [6, 6.07) is 18.8. The number of fused-ring (bicyclic) bond motifs is 4. The van der Waals surface area contributed by atoms with Crippen LogP contribution in [0.1, 0.15) is 28.5 Å². The van der Waals surface area contributed by atoms with Crippen molar-refractivity contribution >= 4 is 27.7 Å². The molecular weight excluding hydrogens is 298 g/mol. The fraction of sp³-hybridized carbons (Fsp3) is 0.150. The van der Waals surface area contributed by atoms with Crippen LogP contribution in [-0.4, -0.2) is 22.0 Å². The minimum absolute atomic E-state index is 0.0137. The molecule has 5 rings (SSSR count). The third kappa shape index (κ3) is 1.83. The number of para-hydroxylation sites is 2. The van der Waals surface area contributed by atoms with Gasteiger partial charge in [0.2, 0.25) is 0 Å². The maximum atomic E-state index is 12.5. The first-order valence-electron chi connectivity index (χ1n) is 8.27. The Morgan fingerprint density at radius 2 is 1.83 bits per heavy atom. The molecule has 0 bridgehead atoms. The van der Waals surface area contributed by atoms with E-state index in [2.05, 4.69) is 57.5 Å². The van der Waals surface area contributed by atoms with E-state index in [0.29, 0.717) is 12.2 Å². The number of hydrogen-bond donors (Lipinski definition) is 2. The van der Waals surface area contributed by atoms with E-state index in [9.17, 15) is 4.79 Å². The molecule has 0 spiro atoms. The van der Waals surface area contributed by atoms with Gasteiger partial charge in [0.1, 0.15) is 5.69 Å². The van der Waals surface area contributed by atoms with E-state index in [0.717, 1.165) is 22.9 Å². The van der Waals surface area contributed by atoms with Crippen molar-refractivity contribution in [2.45, 2.75) is 12.5 Å². The van der Waals surface area contributed by atoms with Gasteiger partial charge < -0.3 is 14.9 Å². The number of H-pyrrole nitrogens is 1. The topological polar surface area (TPSA) is 49.8 Å². The first-order chi connectivity index (χ1) is 11.8. The van der Waals surface area contributed by atoms with Gasteiger partial charge in [-0.3, -0.25) is 4.79 Å². The third-order valence-electron chi connectivity index (χ3n) is 4.98. The number of hydrogen-bond acceptors (Lipinski definition) is 1. The van der Waals surface area contributed by atoms with Crippen LogP contribution in [0.15, 0.2) is 60.8 Å². The fourth-order valence-electron chi connectivity index (χ4n) is 3.90. The number of benzene rings is 2. The SMILES string of the molecule is O=C1NCC[C@H](n2ccc3ccccc32)c2c1[nH]c1ccccc21. The molecule has 1 aliphatic rings. The molecule has 0 radical (unpaired) electrons. The predicted molar refractivity (Wildman–Crippen MR) is 95.3 cm³/mol. The number of aromatic nitrogens is 2. The second-order valence-corrected chi connectivity index (χ2v) is 6.30. The molecule has 4 heteroatoms. The molecule has 4 aromatic rings. The molecule has 2 aromatic carbocycles. The highest BCUT2D eigenvalue weighted by molar-refractivity contribution is 6.02.